The quantitative estimate of drug-likeness (QED) is 0.580. The molecule has 0 bridgehead atoms. The molecular weight excluding hydrogens is 372 g/mol. The molecule has 148 valence electrons. The summed E-state index contributed by atoms with van der Waals surface area (Å²) in [7, 11) is 0. The summed E-state index contributed by atoms with van der Waals surface area (Å²) in [6.07, 6.45) is 0. The lowest BCUT2D eigenvalue weighted by molar-refractivity contribution is -0.385. The zero-order valence-corrected chi connectivity index (χ0v) is 15.5. The SMILES string of the molecule is Cc1ccc(NC(=O)C(NC(=O)c2c(F)cccc2F)C(C)C)cc1[N+](=O)[O-]. The second-order valence-electron chi connectivity index (χ2n) is 6.54. The van der Waals surface area contributed by atoms with Crippen LogP contribution in [0.15, 0.2) is 36.4 Å². The zero-order chi connectivity index (χ0) is 21.0. The molecule has 2 amide bonds. The van der Waals surface area contributed by atoms with Crippen LogP contribution in [0.3, 0.4) is 0 Å². The third-order valence-electron chi connectivity index (χ3n) is 4.10. The van der Waals surface area contributed by atoms with Gasteiger partial charge in [0, 0.05) is 17.3 Å². The number of carbonyl (C=O) groups excluding carboxylic acids is 2. The van der Waals surface area contributed by atoms with Crippen LogP contribution >= 0.6 is 0 Å². The predicted molar refractivity (Wildman–Crippen MR) is 98.9 cm³/mol. The molecule has 7 nitrogen and oxygen atoms in total. The predicted octanol–water partition coefficient (Wildman–Crippen LogP) is 3.57. The number of hydrogen-bond acceptors (Lipinski definition) is 4. The fraction of sp³-hybridized carbons (Fsp3) is 0.263. The topological polar surface area (TPSA) is 101 Å². The molecular formula is C19H19F2N3O4. The van der Waals surface area contributed by atoms with Gasteiger partial charge in [0.1, 0.15) is 23.2 Å². The molecule has 0 aliphatic carbocycles. The van der Waals surface area contributed by atoms with Crippen LogP contribution in [0, 0.1) is 34.6 Å². The Morgan fingerprint density at radius 1 is 1.11 bits per heavy atom. The molecule has 9 heteroatoms. The molecule has 0 fully saturated rings. The van der Waals surface area contributed by atoms with Crippen LogP contribution < -0.4 is 10.6 Å². The number of nitrogens with one attached hydrogen (secondary N) is 2. The van der Waals surface area contributed by atoms with Crippen molar-refractivity contribution in [3.63, 3.8) is 0 Å². The summed E-state index contributed by atoms with van der Waals surface area (Å²) in [6, 6.07) is 6.04. The molecule has 28 heavy (non-hydrogen) atoms. The van der Waals surface area contributed by atoms with E-state index >= 15 is 0 Å². The molecule has 0 saturated heterocycles. The Hall–Kier alpha value is -3.36. The third kappa shape index (κ3) is 4.67. The van der Waals surface area contributed by atoms with E-state index in [1.807, 2.05) is 0 Å². The molecule has 2 aromatic rings. The van der Waals surface area contributed by atoms with Crippen LogP contribution in [0.5, 0.6) is 0 Å². The van der Waals surface area contributed by atoms with Crippen molar-refractivity contribution in [2.45, 2.75) is 26.8 Å². The maximum atomic E-state index is 13.8. The monoisotopic (exact) mass is 391 g/mol. The maximum absolute atomic E-state index is 13.8. The first-order chi connectivity index (χ1) is 13.1. The number of rotatable bonds is 6. The van der Waals surface area contributed by atoms with Crippen molar-refractivity contribution in [3.8, 4) is 0 Å². The van der Waals surface area contributed by atoms with E-state index in [1.165, 1.54) is 18.2 Å². The molecule has 0 heterocycles. The fourth-order valence-electron chi connectivity index (χ4n) is 2.57. The van der Waals surface area contributed by atoms with Crippen molar-refractivity contribution in [2.75, 3.05) is 5.32 Å². The van der Waals surface area contributed by atoms with Crippen LogP contribution in [0.25, 0.3) is 0 Å². The van der Waals surface area contributed by atoms with Gasteiger partial charge in [-0.3, -0.25) is 19.7 Å². The van der Waals surface area contributed by atoms with E-state index in [4.69, 9.17) is 0 Å². The summed E-state index contributed by atoms with van der Waals surface area (Å²) >= 11 is 0. The minimum Gasteiger partial charge on any atom is -0.340 e. The standard InChI is InChI=1S/C19H19F2N3O4/c1-10(2)17(23-18(25)16-13(20)5-4-6-14(16)21)19(26)22-12-8-7-11(3)15(9-12)24(27)28/h4-10,17H,1-3H3,(H,22,26)(H,23,25). The minimum atomic E-state index is -1.12. The number of amides is 2. The lowest BCUT2D eigenvalue weighted by atomic mass is 10.0. The molecule has 2 aromatic carbocycles. The number of carbonyl (C=O) groups is 2. The first kappa shape index (κ1) is 20.9. The highest BCUT2D eigenvalue weighted by Crippen LogP contribution is 2.23. The van der Waals surface area contributed by atoms with Crippen molar-refractivity contribution in [1.29, 1.82) is 0 Å². The second kappa shape index (κ2) is 8.55. The Labute approximate surface area is 159 Å². The molecule has 0 aliphatic heterocycles. The summed E-state index contributed by atoms with van der Waals surface area (Å²) in [4.78, 5) is 35.3. The van der Waals surface area contributed by atoms with E-state index < -0.39 is 45.9 Å². The van der Waals surface area contributed by atoms with E-state index in [-0.39, 0.29) is 11.4 Å². The van der Waals surface area contributed by atoms with Gasteiger partial charge in [0.2, 0.25) is 5.91 Å². The van der Waals surface area contributed by atoms with Gasteiger partial charge in [-0.05, 0) is 31.0 Å². The van der Waals surface area contributed by atoms with Gasteiger partial charge < -0.3 is 10.6 Å². The lowest BCUT2D eigenvalue weighted by Crippen LogP contribution is -2.47. The average molecular weight is 391 g/mol. The van der Waals surface area contributed by atoms with Gasteiger partial charge >= 0.3 is 0 Å². The number of benzene rings is 2. The van der Waals surface area contributed by atoms with E-state index in [9.17, 15) is 28.5 Å². The molecule has 2 N–H and O–H groups in total. The summed E-state index contributed by atoms with van der Waals surface area (Å²) in [5.41, 5.74) is -0.366. The Bertz CT molecular complexity index is 911. The molecule has 0 aliphatic rings. The molecule has 1 unspecified atom stereocenters. The van der Waals surface area contributed by atoms with Gasteiger partial charge in [0.05, 0.1) is 4.92 Å². The highest BCUT2D eigenvalue weighted by molar-refractivity contribution is 6.01. The van der Waals surface area contributed by atoms with Gasteiger partial charge in [-0.2, -0.15) is 0 Å². The van der Waals surface area contributed by atoms with Crippen molar-refractivity contribution in [1.82, 2.24) is 5.32 Å². The maximum Gasteiger partial charge on any atom is 0.274 e. The average Bonchev–Trinajstić information content (AvgIpc) is 2.60. The van der Waals surface area contributed by atoms with Gasteiger partial charge in [0.25, 0.3) is 11.6 Å². The Balaban J connectivity index is 2.22. The van der Waals surface area contributed by atoms with E-state index in [0.29, 0.717) is 5.56 Å². The van der Waals surface area contributed by atoms with Crippen LogP contribution in [0.4, 0.5) is 20.2 Å². The molecule has 2 rings (SSSR count). The first-order valence-corrected chi connectivity index (χ1v) is 8.42. The number of nitro groups is 1. The van der Waals surface area contributed by atoms with Gasteiger partial charge in [-0.1, -0.05) is 26.0 Å². The zero-order valence-electron chi connectivity index (χ0n) is 15.5. The number of hydrogen-bond donors (Lipinski definition) is 2. The van der Waals surface area contributed by atoms with Crippen LogP contribution in [0.1, 0.15) is 29.8 Å². The molecule has 0 radical (unpaired) electrons. The summed E-state index contributed by atoms with van der Waals surface area (Å²) < 4.78 is 27.6. The molecule has 0 aromatic heterocycles. The Morgan fingerprint density at radius 3 is 2.25 bits per heavy atom. The largest absolute Gasteiger partial charge is 0.340 e. The minimum absolute atomic E-state index is 0.166. The third-order valence-corrected chi connectivity index (χ3v) is 4.10. The van der Waals surface area contributed by atoms with Gasteiger partial charge in [0.15, 0.2) is 0 Å². The number of halogens is 2. The lowest BCUT2D eigenvalue weighted by Gasteiger charge is -2.22. The van der Waals surface area contributed by atoms with Crippen molar-refractivity contribution in [2.24, 2.45) is 5.92 Å². The summed E-state index contributed by atoms with van der Waals surface area (Å²) in [6.45, 7) is 4.84. The van der Waals surface area contributed by atoms with Gasteiger partial charge in [-0.25, -0.2) is 8.78 Å². The molecule has 0 saturated carbocycles. The number of anilines is 1. The fourth-order valence-corrected chi connectivity index (χ4v) is 2.57. The van der Waals surface area contributed by atoms with Crippen LogP contribution in [0.2, 0.25) is 0 Å². The van der Waals surface area contributed by atoms with Crippen molar-refractivity contribution < 1.29 is 23.3 Å². The van der Waals surface area contributed by atoms with E-state index in [0.717, 1.165) is 18.2 Å². The van der Waals surface area contributed by atoms with Crippen molar-refractivity contribution >= 4 is 23.2 Å². The van der Waals surface area contributed by atoms with E-state index in [2.05, 4.69) is 10.6 Å². The number of nitro benzene ring substituents is 1. The van der Waals surface area contributed by atoms with Crippen LogP contribution in [-0.4, -0.2) is 22.8 Å². The van der Waals surface area contributed by atoms with Gasteiger partial charge in [-0.15, -0.1) is 0 Å². The smallest absolute Gasteiger partial charge is 0.274 e. The van der Waals surface area contributed by atoms with Crippen molar-refractivity contribution in [3.05, 3.63) is 69.3 Å². The summed E-state index contributed by atoms with van der Waals surface area (Å²) in [5, 5.41) is 15.8. The Morgan fingerprint density at radius 2 is 1.71 bits per heavy atom. The molecule has 0 spiro atoms. The normalized spacial score (nSPS) is 11.8. The first-order valence-electron chi connectivity index (χ1n) is 8.42. The van der Waals surface area contributed by atoms with E-state index in [1.54, 1.807) is 20.8 Å². The highest BCUT2D eigenvalue weighted by atomic mass is 19.1. The summed E-state index contributed by atoms with van der Waals surface area (Å²) in [5.74, 6) is -4.25. The number of aryl methyl sites for hydroxylation is 1. The molecule has 1 atom stereocenters. The second-order valence-corrected chi connectivity index (χ2v) is 6.54. The number of nitrogens with zero attached hydrogens (tertiary/aromatic N) is 1. The Kier molecular flexibility index (Phi) is 6.40. The van der Waals surface area contributed by atoms with Crippen LogP contribution in [-0.2, 0) is 4.79 Å². The highest BCUT2D eigenvalue weighted by Gasteiger charge is 2.27.